The van der Waals surface area contributed by atoms with Crippen molar-refractivity contribution in [3.05, 3.63) is 0 Å². The van der Waals surface area contributed by atoms with Crippen molar-refractivity contribution >= 4 is 23.2 Å². The van der Waals surface area contributed by atoms with Crippen LogP contribution >= 0.6 is 12.2 Å². The quantitative estimate of drug-likeness (QED) is 0.387. The van der Waals surface area contributed by atoms with E-state index in [2.05, 4.69) is 23.1 Å². The van der Waals surface area contributed by atoms with Crippen LogP contribution in [0.1, 0.15) is 12.8 Å². The molecule has 0 atom stereocenters. The van der Waals surface area contributed by atoms with Gasteiger partial charge in [0, 0.05) is 19.1 Å². The number of hydrazine groups is 1. The van der Waals surface area contributed by atoms with Gasteiger partial charge in [0.25, 0.3) is 0 Å². The topological polar surface area (TPSA) is 76.4 Å². The maximum Gasteiger partial charge on any atom is 0.241 e. The highest BCUT2D eigenvalue weighted by molar-refractivity contribution is 7.80. The zero-order valence-corrected chi connectivity index (χ0v) is 8.02. The van der Waals surface area contributed by atoms with Crippen molar-refractivity contribution in [2.75, 3.05) is 13.2 Å². The zero-order valence-electron chi connectivity index (χ0n) is 7.21. The van der Waals surface area contributed by atoms with Crippen molar-refractivity contribution in [1.29, 1.82) is 0 Å². The summed E-state index contributed by atoms with van der Waals surface area (Å²) in [6.45, 7) is 1.29. The second-order valence-corrected chi connectivity index (χ2v) is 3.30. The third-order valence-electron chi connectivity index (χ3n) is 1.90. The van der Waals surface area contributed by atoms with Crippen LogP contribution in [0.25, 0.3) is 0 Å². The third kappa shape index (κ3) is 3.56. The first kappa shape index (κ1) is 10.2. The van der Waals surface area contributed by atoms with Gasteiger partial charge >= 0.3 is 0 Å². The van der Waals surface area contributed by atoms with Crippen LogP contribution in [-0.2, 0) is 9.53 Å². The summed E-state index contributed by atoms with van der Waals surface area (Å²) in [4.78, 5) is 11.4. The monoisotopic (exact) mass is 203 g/mol. The summed E-state index contributed by atoms with van der Waals surface area (Å²) in [7, 11) is 0. The average molecular weight is 203 g/mol. The molecule has 0 aromatic carbocycles. The molecule has 13 heavy (non-hydrogen) atoms. The van der Waals surface area contributed by atoms with E-state index in [1.165, 1.54) is 0 Å². The summed E-state index contributed by atoms with van der Waals surface area (Å²) in [5.41, 5.74) is 10.0. The lowest BCUT2D eigenvalue weighted by atomic mass is 10.00. The molecule has 6 heteroatoms. The van der Waals surface area contributed by atoms with Gasteiger partial charge in [-0.3, -0.25) is 15.6 Å². The van der Waals surface area contributed by atoms with E-state index in [1.54, 1.807) is 0 Å². The maximum atomic E-state index is 11.4. The number of hydrogen-bond acceptors (Lipinski definition) is 3. The minimum Gasteiger partial charge on any atom is -0.381 e. The lowest BCUT2D eigenvalue weighted by molar-refractivity contribution is -0.128. The predicted molar refractivity (Wildman–Crippen MR) is 51.6 cm³/mol. The van der Waals surface area contributed by atoms with E-state index in [0.29, 0.717) is 13.2 Å². The number of carbonyl (C=O) groups is 1. The first-order chi connectivity index (χ1) is 6.20. The molecule has 1 rings (SSSR count). The van der Waals surface area contributed by atoms with E-state index >= 15 is 0 Å². The molecule has 5 nitrogen and oxygen atoms in total. The molecular formula is C7H13N3O2S. The molecule has 1 amide bonds. The van der Waals surface area contributed by atoms with Crippen molar-refractivity contribution in [1.82, 2.24) is 10.9 Å². The molecule has 1 aliphatic rings. The number of amides is 1. The second-order valence-electron chi connectivity index (χ2n) is 2.87. The van der Waals surface area contributed by atoms with Gasteiger partial charge in [-0.05, 0) is 25.1 Å². The SMILES string of the molecule is NC(=S)NNC(=O)C1CCOCC1. The Morgan fingerprint density at radius 3 is 2.54 bits per heavy atom. The molecule has 1 heterocycles. The first-order valence-electron chi connectivity index (χ1n) is 4.13. The van der Waals surface area contributed by atoms with E-state index in [4.69, 9.17) is 10.5 Å². The normalized spacial score (nSPS) is 17.8. The van der Waals surface area contributed by atoms with Crippen molar-refractivity contribution in [3.8, 4) is 0 Å². The van der Waals surface area contributed by atoms with Gasteiger partial charge in [-0.1, -0.05) is 0 Å². The van der Waals surface area contributed by atoms with Crippen LogP contribution in [0.5, 0.6) is 0 Å². The fraction of sp³-hybridized carbons (Fsp3) is 0.714. The molecule has 0 saturated carbocycles. The summed E-state index contributed by atoms with van der Waals surface area (Å²) in [6, 6.07) is 0. The van der Waals surface area contributed by atoms with E-state index in [-0.39, 0.29) is 16.9 Å². The Morgan fingerprint density at radius 1 is 1.38 bits per heavy atom. The second kappa shape index (κ2) is 4.98. The molecule has 0 aliphatic carbocycles. The average Bonchev–Trinajstić information content (AvgIpc) is 2.15. The molecule has 0 aromatic rings. The Hall–Kier alpha value is -0.880. The van der Waals surface area contributed by atoms with Gasteiger partial charge in [-0.15, -0.1) is 0 Å². The minimum absolute atomic E-state index is 0.00981. The van der Waals surface area contributed by atoms with Gasteiger partial charge in [0.2, 0.25) is 5.91 Å². The van der Waals surface area contributed by atoms with E-state index in [1.807, 2.05) is 0 Å². The van der Waals surface area contributed by atoms with Crippen LogP contribution in [0, 0.1) is 5.92 Å². The lowest BCUT2D eigenvalue weighted by Crippen LogP contribution is -2.47. The Kier molecular flexibility index (Phi) is 3.91. The van der Waals surface area contributed by atoms with Gasteiger partial charge in [0.15, 0.2) is 5.11 Å². The summed E-state index contributed by atoms with van der Waals surface area (Å²) in [5, 5.41) is 0.0698. The minimum atomic E-state index is -0.0731. The fourth-order valence-corrected chi connectivity index (χ4v) is 1.24. The smallest absolute Gasteiger partial charge is 0.241 e. The molecule has 0 bridgehead atoms. The Balaban J connectivity index is 2.25. The molecule has 74 valence electrons. The van der Waals surface area contributed by atoms with Gasteiger partial charge in [-0.25, -0.2) is 0 Å². The number of rotatable bonds is 1. The van der Waals surface area contributed by atoms with Gasteiger partial charge in [0.05, 0.1) is 0 Å². The fourth-order valence-electron chi connectivity index (χ4n) is 1.19. The molecule has 1 saturated heterocycles. The Morgan fingerprint density at radius 2 is 2.00 bits per heavy atom. The molecule has 1 fully saturated rings. The Bertz CT molecular complexity index is 204. The van der Waals surface area contributed by atoms with Gasteiger partial charge < -0.3 is 10.5 Å². The summed E-state index contributed by atoms with van der Waals surface area (Å²) >= 11 is 4.54. The van der Waals surface area contributed by atoms with Crippen LogP contribution in [0.3, 0.4) is 0 Å². The van der Waals surface area contributed by atoms with Crippen LogP contribution < -0.4 is 16.6 Å². The molecule has 1 aliphatic heterocycles. The number of nitrogens with two attached hydrogens (primary N) is 1. The summed E-state index contributed by atoms with van der Waals surface area (Å²) < 4.78 is 5.12. The molecule has 0 radical (unpaired) electrons. The molecule has 0 unspecified atom stereocenters. The molecule has 0 aromatic heterocycles. The number of carbonyl (C=O) groups excluding carboxylic acids is 1. The number of hydrogen-bond donors (Lipinski definition) is 3. The highest BCUT2D eigenvalue weighted by Crippen LogP contribution is 2.13. The number of ether oxygens (including phenoxy) is 1. The van der Waals surface area contributed by atoms with Crippen LogP contribution in [-0.4, -0.2) is 24.2 Å². The van der Waals surface area contributed by atoms with Crippen molar-refractivity contribution in [3.63, 3.8) is 0 Å². The summed E-state index contributed by atoms with van der Waals surface area (Å²) in [6.07, 6.45) is 1.51. The zero-order chi connectivity index (χ0) is 9.68. The van der Waals surface area contributed by atoms with Crippen molar-refractivity contribution in [2.24, 2.45) is 11.7 Å². The highest BCUT2D eigenvalue weighted by Gasteiger charge is 2.21. The van der Waals surface area contributed by atoms with Gasteiger partial charge in [0.1, 0.15) is 0 Å². The van der Waals surface area contributed by atoms with E-state index < -0.39 is 0 Å². The molecular weight excluding hydrogens is 190 g/mol. The van der Waals surface area contributed by atoms with Crippen molar-refractivity contribution in [2.45, 2.75) is 12.8 Å². The van der Waals surface area contributed by atoms with Crippen LogP contribution in [0.15, 0.2) is 0 Å². The first-order valence-corrected chi connectivity index (χ1v) is 4.54. The summed E-state index contributed by atoms with van der Waals surface area (Å²) in [5.74, 6) is -0.0632. The number of nitrogens with one attached hydrogen (secondary N) is 2. The predicted octanol–water partition coefficient (Wildman–Crippen LogP) is -0.723. The largest absolute Gasteiger partial charge is 0.381 e. The highest BCUT2D eigenvalue weighted by atomic mass is 32.1. The maximum absolute atomic E-state index is 11.4. The van der Waals surface area contributed by atoms with Crippen LogP contribution in [0.4, 0.5) is 0 Å². The standard InChI is InChI=1S/C7H13N3O2S/c8-7(13)10-9-6(11)5-1-3-12-4-2-5/h5H,1-4H2,(H,9,11)(H3,8,10,13). The Labute approximate surface area is 82.0 Å². The number of thiocarbonyl (C=S) groups is 1. The van der Waals surface area contributed by atoms with Gasteiger partial charge in [-0.2, -0.15) is 0 Å². The van der Waals surface area contributed by atoms with Crippen LogP contribution in [0.2, 0.25) is 0 Å². The van der Waals surface area contributed by atoms with E-state index in [0.717, 1.165) is 12.8 Å². The lowest BCUT2D eigenvalue weighted by Gasteiger charge is -2.21. The third-order valence-corrected chi connectivity index (χ3v) is 2.00. The molecule has 0 spiro atoms. The van der Waals surface area contributed by atoms with Crippen molar-refractivity contribution < 1.29 is 9.53 Å². The molecule has 4 N–H and O–H groups in total. The van der Waals surface area contributed by atoms with E-state index in [9.17, 15) is 4.79 Å².